The van der Waals surface area contributed by atoms with E-state index >= 15 is 0 Å². The first-order valence-corrected chi connectivity index (χ1v) is 9.94. The smallest absolute Gasteiger partial charge is 0.338 e. The largest absolute Gasteiger partial charge is 0.452 e. The fourth-order valence-corrected chi connectivity index (χ4v) is 3.05. The van der Waals surface area contributed by atoms with Crippen LogP contribution in [0.15, 0.2) is 53.4 Å². The first-order valence-electron chi connectivity index (χ1n) is 8.46. The molecule has 0 atom stereocenters. The molecular weight excluding hydrogens is 398 g/mol. The summed E-state index contributed by atoms with van der Waals surface area (Å²) in [5.41, 5.74) is 0.903. The van der Waals surface area contributed by atoms with Crippen LogP contribution >= 0.6 is 0 Å². The molecule has 0 spiro atoms. The fourth-order valence-electron chi connectivity index (χ4n) is 2.27. The van der Waals surface area contributed by atoms with Gasteiger partial charge in [0.1, 0.15) is 0 Å². The average Bonchev–Trinajstić information content (AvgIpc) is 2.72. The molecule has 0 unspecified atom stereocenters. The molecule has 2 rings (SSSR count). The minimum absolute atomic E-state index is 0.000626. The van der Waals surface area contributed by atoms with Crippen molar-refractivity contribution in [1.82, 2.24) is 9.62 Å². The minimum atomic E-state index is -3.71. The third-order valence-electron chi connectivity index (χ3n) is 3.80. The highest BCUT2D eigenvalue weighted by atomic mass is 32.2. The molecule has 0 heterocycles. The summed E-state index contributed by atoms with van der Waals surface area (Å²) >= 11 is 0. The summed E-state index contributed by atoms with van der Waals surface area (Å²) in [5.74, 6) is -1.58. The lowest BCUT2D eigenvalue weighted by Gasteiger charge is -2.11. The van der Waals surface area contributed by atoms with Crippen LogP contribution in [-0.4, -0.2) is 58.9 Å². The average molecular weight is 419 g/mol. The van der Waals surface area contributed by atoms with Crippen LogP contribution in [0.4, 0.5) is 5.69 Å². The van der Waals surface area contributed by atoms with E-state index in [-0.39, 0.29) is 16.4 Å². The molecule has 2 aromatic rings. The predicted molar refractivity (Wildman–Crippen MR) is 106 cm³/mol. The third-order valence-corrected chi connectivity index (χ3v) is 5.22. The molecule has 2 N–H and O–H groups in total. The first kappa shape index (κ1) is 22.1. The Morgan fingerprint density at radius 3 is 2.24 bits per heavy atom. The van der Waals surface area contributed by atoms with Gasteiger partial charge in [0, 0.05) is 25.3 Å². The van der Waals surface area contributed by atoms with E-state index in [0.29, 0.717) is 11.3 Å². The van der Waals surface area contributed by atoms with Crippen LogP contribution in [0.2, 0.25) is 0 Å². The molecule has 0 aliphatic heterocycles. The molecule has 0 saturated heterocycles. The lowest BCUT2D eigenvalue weighted by atomic mass is 10.2. The summed E-state index contributed by atoms with van der Waals surface area (Å²) in [7, 11) is 0.822. The summed E-state index contributed by atoms with van der Waals surface area (Å²) in [6, 6.07) is 11.5. The van der Waals surface area contributed by atoms with Crippen LogP contribution < -0.4 is 10.0 Å². The van der Waals surface area contributed by atoms with E-state index < -0.39 is 28.5 Å². The van der Waals surface area contributed by atoms with Gasteiger partial charge in [0.2, 0.25) is 10.0 Å². The number of ether oxygens (including phenoxy) is 1. The van der Waals surface area contributed by atoms with Crippen LogP contribution in [0, 0.1) is 0 Å². The maximum Gasteiger partial charge on any atom is 0.338 e. The Kier molecular flexibility index (Phi) is 7.08. The molecule has 0 radical (unpaired) electrons. The van der Waals surface area contributed by atoms with Gasteiger partial charge in [-0.05, 0) is 49.5 Å². The molecule has 0 bridgehead atoms. The maximum atomic E-state index is 12.1. The molecule has 0 saturated carbocycles. The summed E-state index contributed by atoms with van der Waals surface area (Å²) in [5, 5.41) is 2.54. The molecule has 2 amide bonds. The molecule has 0 aliphatic carbocycles. The Balaban J connectivity index is 1.95. The summed E-state index contributed by atoms with van der Waals surface area (Å²) in [4.78, 5) is 37.2. The molecule has 0 aromatic heterocycles. The Morgan fingerprint density at radius 2 is 1.66 bits per heavy atom. The molecule has 154 valence electrons. The minimum Gasteiger partial charge on any atom is -0.452 e. The van der Waals surface area contributed by atoms with Gasteiger partial charge in [-0.2, -0.15) is 0 Å². The number of hydrogen-bond donors (Lipinski definition) is 2. The molecule has 10 heteroatoms. The van der Waals surface area contributed by atoms with Gasteiger partial charge in [0.15, 0.2) is 6.61 Å². The lowest BCUT2D eigenvalue weighted by molar-refractivity contribution is -0.119. The van der Waals surface area contributed by atoms with Gasteiger partial charge in [-0.25, -0.2) is 17.9 Å². The number of carbonyl (C=O) groups excluding carboxylic acids is 3. The second kappa shape index (κ2) is 9.30. The predicted octanol–water partition coefficient (Wildman–Crippen LogP) is 1.09. The topological polar surface area (TPSA) is 122 Å². The number of sulfonamides is 1. The quantitative estimate of drug-likeness (QED) is 0.648. The monoisotopic (exact) mass is 419 g/mol. The van der Waals surface area contributed by atoms with Gasteiger partial charge in [0.05, 0.1) is 10.5 Å². The Labute approximate surface area is 168 Å². The van der Waals surface area contributed by atoms with Gasteiger partial charge in [-0.1, -0.05) is 6.07 Å². The number of carbonyl (C=O) groups is 3. The zero-order chi connectivity index (χ0) is 21.6. The molecular formula is C19H21N3O6S. The van der Waals surface area contributed by atoms with Crippen LogP contribution in [0.3, 0.4) is 0 Å². The van der Waals surface area contributed by atoms with E-state index in [1.807, 2.05) is 0 Å². The van der Waals surface area contributed by atoms with Gasteiger partial charge in [-0.3, -0.25) is 9.59 Å². The van der Waals surface area contributed by atoms with E-state index in [1.54, 1.807) is 38.4 Å². The van der Waals surface area contributed by atoms with Gasteiger partial charge >= 0.3 is 5.97 Å². The van der Waals surface area contributed by atoms with E-state index in [2.05, 4.69) is 10.0 Å². The number of nitrogens with one attached hydrogen (secondary N) is 2. The van der Waals surface area contributed by atoms with E-state index in [9.17, 15) is 22.8 Å². The number of hydrogen-bond acceptors (Lipinski definition) is 6. The lowest BCUT2D eigenvalue weighted by Crippen LogP contribution is -2.22. The number of anilines is 1. The van der Waals surface area contributed by atoms with Crippen LogP contribution in [0.1, 0.15) is 20.7 Å². The highest BCUT2D eigenvalue weighted by molar-refractivity contribution is 7.89. The van der Waals surface area contributed by atoms with Crippen molar-refractivity contribution in [3.8, 4) is 0 Å². The summed E-state index contributed by atoms with van der Waals surface area (Å²) < 4.78 is 30.7. The Hall–Kier alpha value is -3.24. The number of esters is 1. The fraction of sp³-hybridized carbons (Fsp3) is 0.211. The second-order valence-corrected chi connectivity index (χ2v) is 8.02. The first-order chi connectivity index (χ1) is 13.6. The van der Waals surface area contributed by atoms with Crippen molar-refractivity contribution in [2.75, 3.05) is 33.1 Å². The number of nitrogens with zero attached hydrogens (tertiary/aromatic N) is 1. The molecule has 2 aromatic carbocycles. The van der Waals surface area contributed by atoms with Crippen molar-refractivity contribution in [1.29, 1.82) is 0 Å². The van der Waals surface area contributed by atoms with E-state index in [0.717, 1.165) is 6.07 Å². The molecule has 0 aliphatic rings. The van der Waals surface area contributed by atoms with E-state index in [4.69, 9.17) is 4.74 Å². The third kappa shape index (κ3) is 5.87. The highest BCUT2D eigenvalue weighted by Crippen LogP contribution is 2.13. The highest BCUT2D eigenvalue weighted by Gasteiger charge is 2.16. The van der Waals surface area contributed by atoms with Crippen LogP contribution in [0.25, 0.3) is 0 Å². The summed E-state index contributed by atoms with van der Waals surface area (Å²) in [6.07, 6.45) is 0. The van der Waals surface area contributed by atoms with Gasteiger partial charge in [-0.15, -0.1) is 0 Å². The van der Waals surface area contributed by atoms with Crippen molar-refractivity contribution < 1.29 is 27.5 Å². The van der Waals surface area contributed by atoms with Crippen LogP contribution in [0.5, 0.6) is 0 Å². The van der Waals surface area contributed by atoms with Crippen molar-refractivity contribution in [2.45, 2.75) is 4.90 Å². The van der Waals surface area contributed by atoms with Gasteiger partial charge in [0.25, 0.3) is 11.8 Å². The molecule has 29 heavy (non-hydrogen) atoms. The maximum absolute atomic E-state index is 12.1. The standard InChI is InChI=1S/C19H21N3O6S/c1-20-29(26,27)16-6-4-5-14(11-16)19(25)28-12-17(23)21-15-9-7-13(8-10-15)18(24)22(2)3/h4-11,20H,12H2,1-3H3,(H,21,23). The zero-order valence-electron chi connectivity index (χ0n) is 16.1. The van der Waals surface area contributed by atoms with Crippen molar-refractivity contribution >= 4 is 33.5 Å². The second-order valence-electron chi connectivity index (χ2n) is 6.14. The van der Waals surface area contributed by atoms with Crippen molar-refractivity contribution in [2.24, 2.45) is 0 Å². The Morgan fingerprint density at radius 1 is 1.00 bits per heavy atom. The summed E-state index contributed by atoms with van der Waals surface area (Å²) in [6.45, 7) is -0.555. The number of rotatable bonds is 7. The zero-order valence-corrected chi connectivity index (χ0v) is 16.9. The number of amides is 2. The molecule has 0 fully saturated rings. The Bertz CT molecular complexity index is 1020. The van der Waals surface area contributed by atoms with Crippen molar-refractivity contribution in [3.05, 3.63) is 59.7 Å². The van der Waals surface area contributed by atoms with Crippen LogP contribution in [-0.2, 0) is 19.6 Å². The number of benzene rings is 2. The van der Waals surface area contributed by atoms with Gasteiger partial charge < -0.3 is 15.0 Å². The SMILES string of the molecule is CNS(=O)(=O)c1cccc(C(=O)OCC(=O)Nc2ccc(C(=O)N(C)C)cc2)c1. The van der Waals surface area contributed by atoms with Crippen molar-refractivity contribution in [3.63, 3.8) is 0 Å². The van der Waals surface area contributed by atoms with E-state index in [1.165, 1.54) is 30.1 Å². The normalized spacial score (nSPS) is 10.9. The molecule has 9 nitrogen and oxygen atoms in total.